The largest absolute Gasteiger partial charge is 0.461 e. The number of furan rings is 1. The molecule has 1 aromatic carbocycles. The van der Waals surface area contributed by atoms with Crippen LogP contribution in [-0.2, 0) is 13.1 Å². The normalized spacial score (nSPS) is 15.4. The maximum Gasteiger partial charge on any atom is 0.216 e. The molecule has 3 aromatic rings. The number of aromatic amines is 1. The average molecular weight is 549 g/mol. The number of likely N-dealkylation sites (tertiary alicyclic amines) is 1. The number of aromatic nitrogens is 3. The van der Waals surface area contributed by atoms with E-state index in [1.165, 1.54) is 11.1 Å². The Morgan fingerprint density at radius 3 is 2.75 bits per heavy atom. The fraction of sp³-hybridized carbons (Fsp3) is 0.435. The lowest BCUT2D eigenvalue weighted by Crippen LogP contribution is -2.48. The topological polar surface area (TPSA) is 94.4 Å². The molecule has 2 aromatic heterocycles. The molecule has 32 heavy (non-hydrogen) atoms. The van der Waals surface area contributed by atoms with E-state index in [1.54, 1.807) is 6.26 Å². The molecule has 3 N–H and O–H groups in total. The van der Waals surface area contributed by atoms with Gasteiger partial charge >= 0.3 is 0 Å². The quantitative estimate of drug-likeness (QED) is 0.237. The molecule has 0 spiro atoms. The summed E-state index contributed by atoms with van der Waals surface area (Å²) in [5.74, 6) is 2.72. The van der Waals surface area contributed by atoms with Gasteiger partial charge in [0.25, 0.3) is 0 Å². The zero-order chi connectivity index (χ0) is 21.5. The minimum Gasteiger partial charge on any atom is -0.461 e. The molecule has 0 radical (unpaired) electrons. The van der Waals surface area contributed by atoms with Gasteiger partial charge in [0.15, 0.2) is 11.7 Å². The van der Waals surface area contributed by atoms with Crippen LogP contribution in [0.4, 0.5) is 0 Å². The first-order valence-corrected chi connectivity index (χ1v) is 11.0. The number of rotatable bonds is 7. The van der Waals surface area contributed by atoms with Crippen molar-refractivity contribution in [2.75, 3.05) is 19.6 Å². The van der Waals surface area contributed by atoms with Crippen molar-refractivity contribution in [1.82, 2.24) is 30.7 Å². The summed E-state index contributed by atoms with van der Waals surface area (Å²) < 4.78 is 5.34. The molecule has 1 aliphatic rings. The minimum absolute atomic E-state index is 0. The standard InChI is InChI=1S/C23H31N7O.HI/c1-3-24-23(25-15-21-27-22(29-28-21)20-9-6-14-31-20)26-19-10-12-30(13-11-19)16-18-8-5-4-7-17(18)2;/h4-9,14,19H,3,10-13,15-16H2,1-2H3,(H2,24,25,26)(H,27,28,29);1H. The molecule has 0 aliphatic carbocycles. The predicted octanol–water partition coefficient (Wildman–Crippen LogP) is 3.71. The first-order chi connectivity index (χ1) is 15.2. The van der Waals surface area contributed by atoms with Crippen LogP contribution in [0, 0.1) is 6.92 Å². The van der Waals surface area contributed by atoms with Gasteiger partial charge in [0.2, 0.25) is 5.82 Å². The molecule has 1 fully saturated rings. The molecule has 0 saturated carbocycles. The van der Waals surface area contributed by atoms with E-state index in [1.807, 2.05) is 12.1 Å². The smallest absolute Gasteiger partial charge is 0.216 e. The van der Waals surface area contributed by atoms with Crippen LogP contribution in [0.15, 0.2) is 52.1 Å². The third-order valence-corrected chi connectivity index (χ3v) is 5.59. The van der Waals surface area contributed by atoms with Gasteiger partial charge in [-0.1, -0.05) is 24.3 Å². The number of piperidine rings is 1. The van der Waals surface area contributed by atoms with E-state index in [9.17, 15) is 0 Å². The highest BCUT2D eigenvalue weighted by molar-refractivity contribution is 14.0. The molecule has 9 heteroatoms. The Morgan fingerprint density at radius 2 is 2.03 bits per heavy atom. The highest BCUT2D eigenvalue weighted by atomic mass is 127. The number of nitrogens with zero attached hydrogens (tertiary/aromatic N) is 4. The second-order valence-corrected chi connectivity index (χ2v) is 7.90. The van der Waals surface area contributed by atoms with Gasteiger partial charge < -0.3 is 15.1 Å². The van der Waals surface area contributed by atoms with Crippen LogP contribution in [0.1, 0.15) is 36.7 Å². The summed E-state index contributed by atoms with van der Waals surface area (Å²) in [4.78, 5) is 11.7. The summed E-state index contributed by atoms with van der Waals surface area (Å²) in [5, 5.41) is 14.1. The maximum atomic E-state index is 5.34. The fourth-order valence-corrected chi connectivity index (χ4v) is 3.81. The third-order valence-electron chi connectivity index (χ3n) is 5.59. The Morgan fingerprint density at radius 1 is 1.22 bits per heavy atom. The van der Waals surface area contributed by atoms with E-state index in [0.717, 1.165) is 45.0 Å². The number of aliphatic imine (C=N–C) groups is 1. The van der Waals surface area contributed by atoms with Crippen LogP contribution in [0.2, 0.25) is 0 Å². The summed E-state index contributed by atoms with van der Waals surface area (Å²) >= 11 is 0. The summed E-state index contributed by atoms with van der Waals surface area (Å²) in [5.41, 5.74) is 2.79. The second-order valence-electron chi connectivity index (χ2n) is 7.90. The molecule has 0 atom stereocenters. The van der Waals surface area contributed by atoms with Gasteiger partial charge in [0.05, 0.1) is 6.26 Å². The summed E-state index contributed by atoms with van der Waals surface area (Å²) in [6, 6.07) is 12.7. The molecular weight excluding hydrogens is 517 g/mol. The number of guanidine groups is 1. The van der Waals surface area contributed by atoms with Crippen molar-refractivity contribution < 1.29 is 4.42 Å². The van der Waals surface area contributed by atoms with Gasteiger partial charge in [-0.3, -0.25) is 10.00 Å². The molecule has 4 rings (SSSR count). The zero-order valence-corrected chi connectivity index (χ0v) is 21.0. The van der Waals surface area contributed by atoms with Gasteiger partial charge in [0, 0.05) is 32.2 Å². The van der Waals surface area contributed by atoms with E-state index in [0.29, 0.717) is 30.0 Å². The number of benzene rings is 1. The van der Waals surface area contributed by atoms with E-state index < -0.39 is 0 Å². The van der Waals surface area contributed by atoms with Crippen molar-refractivity contribution >= 4 is 29.9 Å². The van der Waals surface area contributed by atoms with Crippen LogP contribution >= 0.6 is 24.0 Å². The highest BCUT2D eigenvalue weighted by Crippen LogP contribution is 2.17. The van der Waals surface area contributed by atoms with Crippen molar-refractivity contribution in [3.05, 3.63) is 59.6 Å². The van der Waals surface area contributed by atoms with Gasteiger partial charge in [0.1, 0.15) is 12.4 Å². The van der Waals surface area contributed by atoms with Crippen molar-refractivity contribution in [2.24, 2.45) is 4.99 Å². The van der Waals surface area contributed by atoms with Crippen LogP contribution in [-0.4, -0.2) is 51.7 Å². The van der Waals surface area contributed by atoms with Crippen molar-refractivity contribution in [3.63, 3.8) is 0 Å². The number of hydrogen-bond donors (Lipinski definition) is 3. The van der Waals surface area contributed by atoms with E-state index >= 15 is 0 Å². The van der Waals surface area contributed by atoms with Gasteiger partial charge in [-0.05, 0) is 49.9 Å². The lowest BCUT2D eigenvalue weighted by atomic mass is 10.0. The molecule has 0 amide bonds. The second kappa shape index (κ2) is 12.0. The number of H-pyrrole nitrogens is 1. The predicted molar refractivity (Wildman–Crippen MR) is 137 cm³/mol. The number of halogens is 1. The van der Waals surface area contributed by atoms with Crippen LogP contribution < -0.4 is 10.6 Å². The molecular formula is C23H32IN7O. The Balaban J connectivity index is 0.00000289. The van der Waals surface area contributed by atoms with Gasteiger partial charge in [-0.25, -0.2) is 9.98 Å². The van der Waals surface area contributed by atoms with E-state index in [4.69, 9.17) is 4.42 Å². The highest BCUT2D eigenvalue weighted by Gasteiger charge is 2.20. The SMILES string of the molecule is CCNC(=NCc1nc(-c2ccco2)n[nH]1)NC1CCN(Cc2ccccc2C)CC1.I. The molecule has 3 heterocycles. The number of hydrogen-bond acceptors (Lipinski definition) is 5. The molecule has 1 aliphatic heterocycles. The van der Waals surface area contributed by atoms with Gasteiger partial charge in [-0.15, -0.1) is 29.1 Å². The number of aryl methyl sites for hydroxylation is 1. The average Bonchev–Trinajstić information content (AvgIpc) is 3.47. The minimum atomic E-state index is 0. The maximum absolute atomic E-state index is 5.34. The molecule has 8 nitrogen and oxygen atoms in total. The molecule has 1 saturated heterocycles. The van der Waals surface area contributed by atoms with Crippen molar-refractivity contribution in [2.45, 2.75) is 45.8 Å². The van der Waals surface area contributed by atoms with Crippen LogP contribution in [0.5, 0.6) is 0 Å². The fourth-order valence-electron chi connectivity index (χ4n) is 3.81. The Kier molecular flexibility index (Phi) is 9.10. The molecule has 0 bridgehead atoms. The lowest BCUT2D eigenvalue weighted by molar-refractivity contribution is 0.198. The monoisotopic (exact) mass is 549 g/mol. The first-order valence-electron chi connectivity index (χ1n) is 11.0. The van der Waals surface area contributed by atoms with Gasteiger partial charge in [-0.2, -0.15) is 0 Å². The van der Waals surface area contributed by atoms with Crippen LogP contribution in [0.3, 0.4) is 0 Å². The Bertz CT molecular complexity index is 978. The lowest BCUT2D eigenvalue weighted by Gasteiger charge is -2.33. The van der Waals surface area contributed by atoms with E-state index in [2.05, 4.69) is 73.8 Å². The van der Waals surface area contributed by atoms with Crippen molar-refractivity contribution in [3.8, 4) is 11.6 Å². The molecule has 0 unspecified atom stereocenters. The third kappa shape index (κ3) is 6.55. The van der Waals surface area contributed by atoms with Crippen LogP contribution in [0.25, 0.3) is 11.6 Å². The Labute approximate surface area is 206 Å². The van der Waals surface area contributed by atoms with Crippen molar-refractivity contribution in [1.29, 1.82) is 0 Å². The van der Waals surface area contributed by atoms with E-state index in [-0.39, 0.29) is 24.0 Å². The zero-order valence-electron chi connectivity index (χ0n) is 18.7. The molecule has 172 valence electrons. The Hall–Kier alpha value is -2.40. The number of nitrogens with one attached hydrogen (secondary N) is 3. The summed E-state index contributed by atoms with van der Waals surface area (Å²) in [7, 11) is 0. The summed E-state index contributed by atoms with van der Waals surface area (Å²) in [6.07, 6.45) is 3.81. The first kappa shape index (κ1) is 24.2. The summed E-state index contributed by atoms with van der Waals surface area (Å²) in [6.45, 7) is 8.69.